The summed E-state index contributed by atoms with van der Waals surface area (Å²) >= 11 is 0. The van der Waals surface area contributed by atoms with Gasteiger partial charge in [0, 0.05) is 25.0 Å². The molecule has 0 saturated carbocycles. The van der Waals surface area contributed by atoms with Gasteiger partial charge in [-0.3, -0.25) is 9.69 Å². The van der Waals surface area contributed by atoms with E-state index in [1.165, 1.54) is 0 Å². The van der Waals surface area contributed by atoms with Gasteiger partial charge in [-0.25, -0.2) is 0 Å². The lowest BCUT2D eigenvalue weighted by Gasteiger charge is -2.18. The van der Waals surface area contributed by atoms with Crippen LogP contribution in [-0.2, 0) is 17.8 Å². The summed E-state index contributed by atoms with van der Waals surface area (Å²) < 4.78 is 0. The molecule has 0 bridgehead atoms. The zero-order chi connectivity index (χ0) is 14.1. The molecule has 0 saturated heterocycles. The number of hydrogen-bond donors (Lipinski definition) is 2. The van der Waals surface area contributed by atoms with Gasteiger partial charge in [-0.1, -0.05) is 12.1 Å². The van der Waals surface area contributed by atoms with E-state index in [0.29, 0.717) is 13.0 Å². The van der Waals surface area contributed by atoms with Gasteiger partial charge in [0.05, 0.1) is 12.1 Å². The number of hydrogen-bond acceptors (Lipinski definition) is 3. The van der Waals surface area contributed by atoms with Gasteiger partial charge in [0.15, 0.2) is 0 Å². The molecule has 2 aromatic carbocycles. The van der Waals surface area contributed by atoms with Crippen molar-refractivity contribution >= 4 is 23.0 Å². The zero-order valence-electron chi connectivity index (χ0n) is 11.4. The molecule has 0 atom stereocenters. The predicted molar refractivity (Wildman–Crippen MR) is 81.2 cm³/mol. The molecule has 2 aromatic rings. The van der Waals surface area contributed by atoms with E-state index in [4.69, 9.17) is 5.73 Å². The van der Waals surface area contributed by atoms with E-state index in [-0.39, 0.29) is 5.91 Å². The Hall–Kier alpha value is -2.33. The second-order valence-electron chi connectivity index (χ2n) is 4.87. The summed E-state index contributed by atoms with van der Waals surface area (Å²) in [6.45, 7) is 0.498. The first-order valence-electron chi connectivity index (χ1n) is 6.65. The van der Waals surface area contributed by atoms with Crippen molar-refractivity contribution in [1.29, 1.82) is 0 Å². The van der Waals surface area contributed by atoms with Gasteiger partial charge in [-0.15, -0.1) is 0 Å². The molecule has 4 heteroatoms. The molecule has 0 unspecified atom stereocenters. The number of rotatable bonds is 3. The van der Waals surface area contributed by atoms with Gasteiger partial charge in [0.25, 0.3) is 0 Å². The quantitative estimate of drug-likeness (QED) is 0.897. The van der Waals surface area contributed by atoms with E-state index in [2.05, 4.69) is 5.32 Å². The maximum absolute atomic E-state index is 12.3. The van der Waals surface area contributed by atoms with Crippen molar-refractivity contribution in [2.75, 3.05) is 17.3 Å². The highest BCUT2D eigenvalue weighted by atomic mass is 16.2. The fraction of sp³-hybridized carbons (Fsp3) is 0.188. The summed E-state index contributed by atoms with van der Waals surface area (Å²) in [5, 5.41) is 3.07. The largest absolute Gasteiger partial charge is 0.388 e. The number of anilines is 3. The van der Waals surface area contributed by atoms with Crippen LogP contribution in [0.2, 0.25) is 0 Å². The first-order valence-corrected chi connectivity index (χ1v) is 6.65. The van der Waals surface area contributed by atoms with Gasteiger partial charge in [-0.2, -0.15) is 0 Å². The third-order valence-corrected chi connectivity index (χ3v) is 3.63. The molecule has 1 aliphatic rings. The molecule has 3 rings (SSSR count). The summed E-state index contributed by atoms with van der Waals surface area (Å²) in [4.78, 5) is 14.0. The second kappa shape index (κ2) is 4.98. The Kier molecular flexibility index (Phi) is 3.16. The highest BCUT2D eigenvalue weighted by Gasteiger charge is 2.28. The molecular weight excluding hydrogens is 250 g/mol. The molecule has 1 heterocycles. The fourth-order valence-electron chi connectivity index (χ4n) is 2.56. The predicted octanol–water partition coefficient (Wildman–Crippen LogP) is 2.41. The van der Waals surface area contributed by atoms with E-state index in [1.807, 2.05) is 49.5 Å². The Bertz CT molecular complexity index is 649. The maximum Gasteiger partial charge on any atom is 0.236 e. The Morgan fingerprint density at radius 2 is 1.95 bits per heavy atom. The molecule has 0 fully saturated rings. The van der Waals surface area contributed by atoms with Crippen LogP contribution in [-0.4, -0.2) is 13.0 Å². The van der Waals surface area contributed by atoms with E-state index >= 15 is 0 Å². The smallest absolute Gasteiger partial charge is 0.236 e. The molecular formula is C16H17N3O. The molecule has 0 aromatic heterocycles. The first kappa shape index (κ1) is 12.7. The van der Waals surface area contributed by atoms with Crippen molar-refractivity contribution in [1.82, 2.24) is 0 Å². The van der Waals surface area contributed by atoms with Crippen molar-refractivity contribution in [2.45, 2.75) is 13.0 Å². The molecule has 0 aliphatic carbocycles. The molecule has 102 valence electrons. The third kappa shape index (κ3) is 2.04. The van der Waals surface area contributed by atoms with Gasteiger partial charge >= 0.3 is 0 Å². The second-order valence-corrected chi connectivity index (χ2v) is 4.87. The normalized spacial score (nSPS) is 13.5. The molecule has 0 radical (unpaired) electrons. The number of carbonyl (C=O) groups is 1. The van der Waals surface area contributed by atoms with Crippen LogP contribution in [0.1, 0.15) is 11.1 Å². The summed E-state index contributed by atoms with van der Waals surface area (Å²) in [5.41, 5.74) is 10.6. The van der Waals surface area contributed by atoms with Crippen molar-refractivity contribution in [3.8, 4) is 0 Å². The minimum Gasteiger partial charge on any atom is -0.388 e. The molecule has 20 heavy (non-hydrogen) atoms. The molecule has 0 spiro atoms. The fourth-order valence-corrected chi connectivity index (χ4v) is 2.56. The van der Waals surface area contributed by atoms with Gasteiger partial charge in [0.1, 0.15) is 0 Å². The number of amides is 1. The van der Waals surface area contributed by atoms with Crippen LogP contribution in [0.4, 0.5) is 17.1 Å². The number of fused-ring (bicyclic) bond motifs is 1. The maximum atomic E-state index is 12.3. The van der Waals surface area contributed by atoms with Gasteiger partial charge in [0.2, 0.25) is 5.91 Å². The van der Waals surface area contributed by atoms with Crippen LogP contribution in [0.15, 0.2) is 42.5 Å². The third-order valence-electron chi connectivity index (χ3n) is 3.63. The van der Waals surface area contributed by atoms with Gasteiger partial charge in [-0.05, 0) is 41.5 Å². The Morgan fingerprint density at radius 3 is 2.60 bits per heavy atom. The number of benzene rings is 2. The lowest BCUT2D eigenvalue weighted by molar-refractivity contribution is -0.116. The number of nitrogens with zero attached hydrogens (tertiary/aromatic N) is 1. The van der Waals surface area contributed by atoms with Crippen molar-refractivity contribution in [2.24, 2.45) is 5.73 Å². The average molecular weight is 267 g/mol. The lowest BCUT2D eigenvalue weighted by atomic mass is 10.1. The molecule has 1 amide bonds. The summed E-state index contributed by atoms with van der Waals surface area (Å²) in [6, 6.07) is 13.8. The van der Waals surface area contributed by atoms with Crippen LogP contribution >= 0.6 is 0 Å². The zero-order valence-corrected chi connectivity index (χ0v) is 11.4. The summed E-state index contributed by atoms with van der Waals surface area (Å²) in [5.74, 6) is 0.103. The van der Waals surface area contributed by atoms with E-state index in [9.17, 15) is 4.79 Å². The number of nitrogens with two attached hydrogens (primary N) is 1. The standard InChI is InChI=1S/C16H17N3O/c1-18-13-3-5-14(6-4-13)19-15-7-2-11(10-17)8-12(15)9-16(19)20/h2-8,18H,9-10,17H2,1H3. The van der Waals surface area contributed by atoms with Crippen LogP contribution in [0.5, 0.6) is 0 Å². The van der Waals surface area contributed by atoms with Gasteiger partial charge < -0.3 is 11.1 Å². The highest BCUT2D eigenvalue weighted by molar-refractivity contribution is 6.07. The lowest BCUT2D eigenvalue weighted by Crippen LogP contribution is -2.20. The number of carbonyl (C=O) groups excluding carboxylic acids is 1. The average Bonchev–Trinajstić information content (AvgIpc) is 2.82. The monoisotopic (exact) mass is 267 g/mol. The summed E-state index contributed by atoms with van der Waals surface area (Å²) in [6.07, 6.45) is 0.441. The van der Waals surface area contributed by atoms with Crippen molar-refractivity contribution in [3.05, 3.63) is 53.6 Å². The van der Waals surface area contributed by atoms with Crippen molar-refractivity contribution < 1.29 is 4.79 Å². The van der Waals surface area contributed by atoms with Crippen LogP contribution in [0.25, 0.3) is 0 Å². The van der Waals surface area contributed by atoms with Crippen molar-refractivity contribution in [3.63, 3.8) is 0 Å². The topological polar surface area (TPSA) is 58.4 Å². The Morgan fingerprint density at radius 1 is 1.20 bits per heavy atom. The van der Waals surface area contributed by atoms with E-state index in [0.717, 1.165) is 28.2 Å². The minimum absolute atomic E-state index is 0.103. The number of nitrogens with one attached hydrogen (secondary N) is 1. The van der Waals surface area contributed by atoms with E-state index in [1.54, 1.807) is 4.90 Å². The van der Waals surface area contributed by atoms with E-state index < -0.39 is 0 Å². The SMILES string of the molecule is CNc1ccc(N2C(=O)Cc3cc(CN)ccc32)cc1. The molecule has 4 nitrogen and oxygen atoms in total. The van der Waals surface area contributed by atoms with Crippen LogP contribution in [0, 0.1) is 0 Å². The minimum atomic E-state index is 0.103. The first-order chi connectivity index (χ1) is 9.72. The molecule has 1 aliphatic heterocycles. The van der Waals surface area contributed by atoms with Crippen LogP contribution in [0.3, 0.4) is 0 Å². The molecule has 3 N–H and O–H groups in total. The highest BCUT2D eigenvalue weighted by Crippen LogP contribution is 2.36. The summed E-state index contributed by atoms with van der Waals surface area (Å²) in [7, 11) is 1.87. The Labute approximate surface area is 118 Å². The Balaban J connectivity index is 2.00. The van der Waals surface area contributed by atoms with Crippen LogP contribution < -0.4 is 16.0 Å².